The lowest BCUT2D eigenvalue weighted by Gasteiger charge is -2.20. The molecule has 1 amide bonds. The van der Waals surface area contributed by atoms with Crippen LogP contribution in [0.3, 0.4) is 0 Å². The van der Waals surface area contributed by atoms with Crippen LogP contribution in [0.15, 0.2) is 35.5 Å². The summed E-state index contributed by atoms with van der Waals surface area (Å²) in [5.41, 5.74) is 2.47. The highest BCUT2D eigenvalue weighted by Gasteiger charge is 2.26. The lowest BCUT2D eigenvalue weighted by molar-refractivity contribution is 0.0755. The third-order valence-electron chi connectivity index (χ3n) is 5.37. The summed E-state index contributed by atoms with van der Waals surface area (Å²) in [4.78, 5) is 20.5. The Balaban J connectivity index is 1.43. The maximum absolute atomic E-state index is 12.3. The molecule has 1 unspecified atom stereocenters. The van der Waals surface area contributed by atoms with Gasteiger partial charge in [0.2, 0.25) is 0 Å². The molecule has 7 nitrogen and oxygen atoms in total. The van der Waals surface area contributed by atoms with E-state index in [1.54, 1.807) is 12.1 Å². The first kappa shape index (κ1) is 22.6. The first-order valence-corrected chi connectivity index (χ1v) is 12.0. The molecule has 2 aromatic rings. The molecule has 32 heavy (non-hydrogen) atoms. The van der Waals surface area contributed by atoms with Gasteiger partial charge in [-0.2, -0.15) is 0 Å². The van der Waals surface area contributed by atoms with Gasteiger partial charge in [0.15, 0.2) is 0 Å². The maximum atomic E-state index is 12.3. The number of hydrogen-bond donors (Lipinski definition) is 2. The van der Waals surface area contributed by atoms with Crippen molar-refractivity contribution in [2.75, 3.05) is 19.6 Å². The molecule has 2 aliphatic rings. The topological polar surface area (TPSA) is 87.0 Å². The molecule has 9 heteroatoms. The van der Waals surface area contributed by atoms with Crippen LogP contribution in [0.2, 0.25) is 4.34 Å². The molecule has 0 radical (unpaired) electrons. The number of nitrogens with one attached hydrogen (secondary N) is 2. The average molecular weight is 475 g/mol. The number of thiophene rings is 1. The largest absolute Gasteiger partial charge is 0.490 e. The predicted octanol–water partition coefficient (Wildman–Crippen LogP) is 4.53. The molecule has 1 aromatic heterocycles. The molecule has 3 heterocycles. The molecule has 1 fully saturated rings. The van der Waals surface area contributed by atoms with Gasteiger partial charge in [0, 0.05) is 30.6 Å². The Kier molecular flexibility index (Phi) is 7.01. The van der Waals surface area contributed by atoms with Gasteiger partial charge in [0.1, 0.15) is 17.7 Å². The third-order valence-corrected chi connectivity index (χ3v) is 6.60. The van der Waals surface area contributed by atoms with Gasteiger partial charge in [-0.1, -0.05) is 22.8 Å². The second kappa shape index (κ2) is 9.92. The van der Waals surface area contributed by atoms with Crippen molar-refractivity contribution in [3.63, 3.8) is 0 Å². The number of oxime groups is 1. The fourth-order valence-corrected chi connectivity index (χ4v) is 4.77. The van der Waals surface area contributed by atoms with E-state index >= 15 is 0 Å². The van der Waals surface area contributed by atoms with E-state index in [0.29, 0.717) is 33.8 Å². The number of hydrogen-bond acceptors (Lipinski definition) is 6. The molecule has 1 aromatic carbocycles. The summed E-state index contributed by atoms with van der Waals surface area (Å²) in [5, 5.41) is 15.7. The Morgan fingerprint density at radius 3 is 2.81 bits per heavy atom. The minimum atomic E-state index is -0.251. The zero-order valence-corrected chi connectivity index (χ0v) is 19.8. The molecule has 0 spiro atoms. The number of nitrogens with zero attached hydrogens (tertiary/aromatic N) is 2. The molecule has 170 valence electrons. The summed E-state index contributed by atoms with van der Waals surface area (Å²) in [6.45, 7) is 6.15. The SMILES string of the molecule is CC(C)Oc1cc(C(=N)N2CCCC2)ccc1C1=NOC(CNC(=O)c2ccc(Cl)s2)C1. The lowest BCUT2D eigenvalue weighted by Crippen LogP contribution is -2.31. The second-order valence-electron chi connectivity index (χ2n) is 8.20. The predicted molar refractivity (Wildman–Crippen MR) is 128 cm³/mol. The first-order valence-electron chi connectivity index (χ1n) is 10.8. The quantitative estimate of drug-likeness (QED) is 0.455. The maximum Gasteiger partial charge on any atom is 0.261 e. The van der Waals surface area contributed by atoms with Crippen LogP contribution in [0, 0.1) is 5.41 Å². The van der Waals surface area contributed by atoms with E-state index < -0.39 is 0 Å². The minimum Gasteiger partial charge on any atom is -0.490 e. The summed E-state index contributed by atoms with van der Waals surface area (Å²) < 4.78 is 6.65. The van der Waals surface area contributed by atoms with Gasteiger partial charge >= 0.3 is 0 Å². The normalized spacial score (nSPS) is 17.9. The monoisotopic (exact) mass is 474 g/mol. The van der Waals surface area contributed by atoms with Crippen LogP contribution in [0.4, 0.5) is 0 Å². The number of benzene rings is 1. The van der Waals surface area contributed by atoms with E-state index in [9.17, 15) is 4.79 Å². The van der Waals surface area contributed by atoms with E-state index in [-0.39, 0.29) is 18.1 Å². The number of carbonyl (C=O) groups excluding carboxylic acids is 1. The van der Waals surface area contributed by atoms with Crippen molar-refractivity contribution in [3.05, 3.63) is 50.7 Å². The van der Waals surface area contributed by atoms with Gasteiger partial charge < -0.3 is 19.8 Å². The number of likely N-dealkylation sites (tertiary alicyclic amines) is 1. The highest BCUT2D eigenvalue weighted by molar-refractivity contribution is 7.18. The summed E-state index contributed by atoms with van der Waals surface area (Å²) in [6.07, 6.45) is 2.55. The standard InChI is InChI=1S/C23H27ClN4O3S/c1-14(2)30-19-11-15(22(25)28-9-3-4-10-28)5-6-17(19)18-12-16(31-27-18)13-26-23(29)20-7-8-21(24)32-20/h5-8,11,14,16,25H,3-4,9-10,12-13H2,1-2H3,(H,26,29). The van der Waals surface area contributed by atoms with Crippen molar-refractivity contribution in [1.82, 2.24) is 10.2 Å². The molecule has 2 N–H and O–H groups in total. The Labute approximate surface area is 196 Å². The van der Waals surface area contributed by atoms with E-state index in [4.69, 9.17) is 26.6 Å². The summed E-state index contributed by atoms with van der Waals surface area (Å²) in [7, 11) is 0. The number of rotatable bonds is 7. The van der Waals surface area contributed by atoms with E-state index in [2.05, 4.69) is 15.4 Å². The molecule has 0 aliphatic carbocycles. The molecular formula is C23H27ClN4O3S. The number of ether oxygens (including phenoxy) is 1. The van der Waals surface area contributed by atoms with Gasteiger partial charge in [-0.15, -0.1) is 11.3 Å². The van der Waals surface area contributed by atoms with Crippen LogP contribution >= 0.6 is 22.9 Å². The van der Waals surface area contributed by atoms with Crippen molar-refractivity contribution in [1.29, 1.82) is 5.41 Å². The molecule has 4 rings (SSSR count). The second-order valence-corrected chi connectivity index (χ2v) is 9.92. The molecule has 0 bridgehead atoms. The van der Waals surface area contributed by atoms with Crippen LogP contribution in [0.25, 0.3) is 0 Å². The van der Waals surface area contributed by atoms with Crippen molar-refractivity contribution in [2.24, 2.45) is 5.16 Å². The highest BCUT2D eigenvalue weighted by Crippen LogP contribution is 2.28. The Morgan fingerprint density at radius 1 is 1.34 bits per heavy atom. The zero-order chi connectivity index (χ0) is 22.7. The van der Waals surface area contributed by atoms with Gasteiger partial charge in [0.05, 0.1) is 27.6 Å². The zero-order valence-electron chi connectivity index (χ0n) is 18.2. The number of halogens is 1. The van der Waals surface area contributed by atoms with Crippen LogP contribution in [0.1, 0.15) is 53.9 Å². The van der Waals surface area contributed by atoms with E-state index in [0.717, 1.165) is 42.8 Å². The number of amidine groups is 1. The smallest absolute Gasteiger partial charge is 0.261 e. The fraction of sp³-hybridized carbons (Fsp3) is 0.435. The average Bonchev–Trinajstić information content (AvgIpc) is 3.53. The van der Waals surface area contributed by atoms with Crippen molar-refractivity contribution in [2.45, 2.75) is 45.3 Å². The molecule has 1 atom stereocenters. The fourth-order valence-electron chi connectivity index (χ4n) is 3.81. The van der Waals surface area contributed by atoms with Crippen LogP contribution < -0.4 is 10.1 Å². The molecular weight excluding hydrogens is 448 g/mol. The Bertz CT molecular complexity index is 1030. The minimum absolute atomic E-state index is 0.0133. The van der Waals surface area contributed by atoms with Crippen LogP contribution in [-0.4, -0.2) is 54.2 Å². The molecule has 1 saturated heterocycles. The number of carbonyl (C=O) groups is 1. The molecule has 2 aliphatic heterocycles. The lowest BCUT2D eigenvalue weighted by atomic mass is 10.0. The van der Waals surface area contributed by atoms with Gasteiger partial charge in [-0.05, 0) is 51.0 Å². The first-order chi connectivity index (χ1) is 15.4. The van der Waals surface area contributed by atoms with E-state index in [1.807, 2.05) is 32.0 Å². The van der Waals surface area contributed by atoms with Crippen LogP contribution in [0.5, 0.6) is 5.75 Å². The summed E-state index contributed by atoms with van der Waals surface area (Å²) in [6, 6.07) is 9.23. The highest BCUT2D eigenvalue weighted by atomic mass is 35.5. The summed E-state index contributed by atoms with van der Waals surface area (Å²) >= 11 is 7.15. The molecule has 0 saturated carbocycles. The number of amides is 1. The third kappa shape index (κ3) is 5.24. The van der Waals surface area contributed by atoms with Crippen LogP contribution in [-0.2, 0) is 4.84 Å². The van der Waals surface area contributed by atoms with Gasteiger partial charge in [0.25, 0.3) is 5.91 Å². The van der Waals surface area contributed by atoms with Crippen molar-refractivity contribution in [3.8, 4) is 5.75 Å². The van der Waals surface area contributed by atoms with Crippen molar-refractivity contribution >= 4 is 40.4 Å². The van der Waals surface area contributed by atoms with Crippen molar-refractivity contribution < 1.29 is 14.4 Å². The Hall–Kier alpha value is -2.58. The van der Waals surface area contributed by atoms with Gasteiger partial charge in [-0.3, -0.25) is 10.2 Å². The van der Waals surface area contributed by atoms with Gasteiger partial charge in [-0.25, -0.2) is 0 Å². The summed E-state index contributed by atoms with van der Waals surface area (Å²) in [5.74, 6) is 1.05. The van der Waals surface area contributed by atoms with E-state index in [1.165, 1.54) is 11.3 Å². The Morgan fingerprint density at radius 2 is 2.12 bits per heavy atom.